The van der Waals surface area contributed by atoms with Gasteiger partial charge in [0.1, 0.15) is 0 Å². The second-order valence-corrected chi connectivity index (χ2v) is 3.77. The van der Waals surface area contributed by atoms with Crippen LogP contribution in [-0.4, -0.2) is 6.54 Å². The van der Waals surface area contributed by atoms with E-state index in [1.165, 1.54) is 0 Å². The number of furan rings is 1. The molecule has 1 rings (SSSR count). The van der Waals surface area contributed by atoms with E-state index in [0.29, 0.717) is 11.1 Å². The van der Waals surface area contributed by atoms with Crippen molar-refractivity contribution in [2.45, 2.75) is 26.8 Å². The maximum absolute atomic E-state index is 5.91. The quantitative estimate of drug-likeness (QED) is 0.809. The predicted molar refractivity (Wildman–Crippen MR) is 55.0 cm³/mol. The lowest BCUT2D eigenvalue weighted by molar-refractivity contribution is 0.417. The first kappa shape index (κ1) is 10.6. The molecule has 3 heteroatoms. The van der Waals surface area contributed by atoms with Crippen LogP contribution < -0.4 is 5.32 Å². The van der Waals surface area contributed by atoms with Gasteiger partial charge in [-0.3, -0.25) is 0 Å². The molecule has 0 saturated carbocycles. The summed E-state index contributed by atoms with van der Waals surface area (Å²) in [6, 6.07) is 2.21. The van der Waals surface area contributed by atoms with Gasteiger partial charge in [-0.15, -0.1) is 0 Å². The normalized spacial score (nSPS) is 13.6. The third kappa shape index (κ3) is 2.48. The lowest BCUT2D eigenvalue weighted by Gasteiger charge is -2.20. The average molecular weight is 202 g/mol. The molecule has 0 amide bonds. The molecule has 2 nitrogen and oxygen atoms in total. The third-order valence-corrected chi connectivity index (χ3v) is 2.38. The fraction of sp³-hybridized carbons (Fsp3) is 0.600. The molecule has 1 aromatic heterocycles. The van der Waals surface area contributed by atoms with Gasteiger partial charge < -0.3 is 9.73 Å². The van der Waals surface area contributed by atoms with Gasteiger partial charge in [0.25, 0.3) is 0 Å². The van der Waals surface area contributed by atoms with Crippen LogP contribution in [0.2, 0.25) is 5.22 Å². The molecule has 1 heterocycles. The zero-order chi connectivity index (χ0) is 9.84. The van der Waals surface area contributed by atoms with Crippen molar-refractivity contribution in [3.8, 4) is 0 Å². The Bertz CT molecular complexity index is 257. The lowest BCUT2D eigenvalue weighted by Crippen LogP contribution is -2.25. The van der Waals surface area contributed by atoms with E-state index >= 15 is 0 Å². The number of hydrogen-bond donors (Lipinski definition) is 1. The van der Waals surface area contributed by atoms with Crippen molar-refractivity contribution >= 4 is 11.6 Å². The SMILES string of the molecule is CCNC(c1ccoc1Cl)C(C)C. The minimum Gasteiger partial charge on any atom is -0.453 e. The van der Waals surface area contributed by atoms with Gasteiger partial charge in [-0.1, -0.05) is 20.8 Å². The summed E-state index contributed by atoms with van der Waals surface area (Å²) in [6.07, 6.45) is 1.63. The first-order chi connectivity index (χ1) is 6.16. The van der Waals surface area contributed by atoms with E-state index in [9.17, 15) is 0 Å². The summed E-state index contributed by atoms with van der Waals surface area (Å²) in [4.78, 5) is 0. The standard InChI is InChI=1S/C10H16ClNO/c1-4-12-9(7(2)3)8-5-6-13-10(8)11/h5-7,9,12H,4H2,1-3H3. The molecule has 0 aliphatic carbocycles. The van der Waals surface area contributed by atoms with Crippen LogP contribution in [-0.2, 0) is 0 Å². The van der Waals surface area contributed by atoms with Crippen LogP contribution in [0.5, 0.6) is 0 Å². The maximum Gasteiger partial charge on any atom is 0.197 e. The zero-order valence-electron chi connectivity index (χ0n) is 8.30. The van der Waals surface area contributed by atoms with Gasteiger partial charge in [0.15, 0.2) is 5.22 Å². The van der Waals surface area contributed by atoms with E-state index in [-0.39, 0.29) is 6.04 Å². The van der Waals surface area contributed by atoms with Crippen LogP contribution in [0.15, 0.2) is 16.7 Å². The van der Waals surface area contributed by atoms with Crippen LogP contribution >= 0.6 is 11.6 Å². The Balaban J connectivity index is 2.82. The molecule has 0 saturated heterocycles. The number of nitrogens with one attached hydrogen (secondary N) is 1. The Labute approximate surface area is 84.3 Å². The second-order valence-electron chi connectivity index (χ2n) is 3.43. The molecule has 0 aliphatic rings. The highest BCUT2D eigenvalue weighted by molar-refractivity contribution is 6.29. The topological polar surface area (TPSA) is 25.2 Å². The predicted octanol–water partition coefficient (Wildman–Crippen LogP) is 3.24. The molecular weight excluding hydrogens is 186 g/mol. The number of hydrogen-bond acceptors (Lipinski definition) is 2. The molecule has 1 N–H and O–H groups in total. The highest BCUT2D eigenvalue weighted by Gasteiger charge is 2.18. The fourth-order valence-corrected chi connectivity index (χ4v) is 1.68. The third-order valence-electron chi connectivity index (χ3n) is 2.07. The summed E-state index contributed by atoms with van der Waals surface area (Å²) in [5.41, 5.74) is 1.05. The Kier molecular flexibility index (Phi) is 3.82. The highest BCUT2D eigenvalue weighted by atomic mass is 35.5. The minimum atomic E-state index is 0.288. The van der Waals surface area contributed by atoms with Crippen molar-refractivity contribution in [1.29, 1.82) is 0 Å². The molecule has 0 spiro atoms. The molecule has 0 bridgehead atoms. The largest absolute Gasteiger partial charge is 0.453 e. The molecule has 1 aromatic rings. The smallest absolute Gasteiger partial charge is 0.197 e. The lowest BCUT2D eigenvalue weighted by atomic mass is 9.98. The Morgan fingerprint density at radius 2 is 2.23 bits per heavy atom. The highest BCUT2D eigenvalue weighted by Crippen LogP contribution is 2.28. The van der Waals surface area contributed by atoms with Crippen molar-refractivity contribution in [3.05, 3.63) is 23.1 Å². The van der Waals surface area contributed by atoms with Gasteiger partial charge >= 0.3 is 0 Å². The van der Waals surface area contributed by atoms with Gasteiger partial charge in [-0.05, 0) is 30.1 Å². The van der Waals surface area contributed by atoms with Crippen molar-refractivity contribution in [2.24, 2.45) is 5.92 Å². The first-order valence-electron chi connectivity index (χ1n) is 4.63. The molecule has 0 radical (unpaired) electrons. The van der Waals surface area contributed by atoms with E-state index in [1.807, 2.05) is 6.07 Å². The molecule has 1 unspecified atom stereocenters. The van der Waals surface area contributed by atoms with Gasteiger partial charge in [0.05, 0.1) is 6.26 Å². The molecule has 1 atom stereocenters. The van der Waals surface area contributed by atoms with Gasteiger partial charge in [-0.2, -0.15) is 0 Å². The van der Waals surface area contributed by atoms with Crippen molar-refractivity contribution in [3.63, 3.8) is 0 Å². The first-order valence-corrected chi connectivity index (χ1v) is 5.00. The molecule has 0 aliphatic heterocycles. The van der Waals surface area contributed by atoms with E-state index in [4.69, 9.17) is 16.0 Å². The summed E-state index contributed by atoms with van der Waals surface area (Å²) in [5, 5.41) is 3.88. The second kappa shape index (κ2) is 4.68. The summed E-state index contributed by atoms with van der Waals surface area (Å²) < 4.78 is 5.07. The maximum atomic E-state index is 5.91. The summed E-state index contributed by atoms with van der Waals surface area (Å²) in [7, 11) is 0. The molecule has 13 heavy (non-hydrogen) atoms. The van der Waals surface area contributed by atoms with E-state index < -0.39 is 0 Å². The van der Waals surface area contributed by atoms with Crippen LogP contribution in [0.3, 0.4) is 0 Å². The Morgan fingerprint density at radius 1 is 1.54 bits per heavy atom. The van der Waals surface area contributed by atoms with E-state index in [0.717, 1.165) is 12.1 Å². The van der Waals surface area contributed by atoms with Crippen molar-refractivity contribution < 1.29 is 4.42 Å². The van der Waals surface area contributed by atoms with E-state index in [1.54, 1.807) is 6.26 Å². The van der Waals surface area contributed by atoms with Crippen molar-refractivity contribution in [1.82, 2.24) is 5.32 Å². The van der Waals surface area contributed by atoms with Crippen LogP contribution in [0.4, 0.5) is 0 Å². The zero-order valence-corrected chi connectivity index (χ0v) is 9.06. The van der Waals surface area contributed by atoms with Crippen LogP contribution in [0, 0.1) is 5.92 Å². The monoisotopic (exact) mass is 201 g/mol. The van der Waals surface area contributed by atoms with Crippen LogP contribution in [0.1, 0.15) is 32.4 Å². The molecular formula is C10H16ClNO. The average Bonchev–Trinajstić information content (AvgIpc) is 2.47. The van der Waals surface area contributed by atoms with Gasteiger partial charge in [0.2, 0.25) is 0 Å². The fourth-order valence-electron chi connectivity index (χ4n) is 1.45. The summed E-state index contributed by atoms with van der Waals surface area (Å²) in [6.45, 7) is 7.35. The van der Waals surface area contributed by atoms with Crippen molar-refractivity contribution in [2.75, 3.05) is 6.54 Å². The van der Waals surface area contributed by atoms with Gasteiger partial charge in [-0.25, -0.2) is 0 Å². The minimum absolute atomic E-state index is 0.288. The Morgan fingerprint density at radius 3 is 2.62 bits per heavy atom. The van der Waals surface area contributed by atoms with Gasteiger partial charge in [0, 0.05) is 11.6 Å². The summed E-state index contributed by atoms with van der Waals surface area (Å²) >= 11 is 5.91. The molecule has 74 valence electrons. The van der Waals surface area contributed by atoms with Crippen LogP contribution in [0.25, 0.3) is 0 Å². The summed E-state index contributed by atoms with van der Waals surface area (Å²) in [5.74, 6) is 0.509. The Hall–Kier alpha value is -0.470. The molecule has 0 fully saturated rings. The molecule has 0 aromatic carbocycles. The number of halogens is 1. The van der Waals surface area contributed by atoms with E-state index in [2.05, 4.69) is 26.1 Å². The number of rotatable bonds is 4.